The second-order valence-corrected chi connectivity index (χ2v) is 5.12. The largest absolute Gasteiger partial charge is 0.437 e. The zero-order chi connectivity index (χ0) is 17.9. The van der Waals surface area contributed by atoms with Gasteiger partial charge in [0.1, 0.15) is 12.3 Å². The molecule has 0 radical (unpaired) electrons. The molecule has 0 saturated heterocycles. The Labute approximate surface area is 140 Å². The second kappa shape index (κ2) is 6.76. The quantitative estimate of drug-likeness (QED) is 0.781. The molecule has 0 atom stereocenters. The first-order chi connectivity index (χ1) is 11.9. The van der Waals surface area contributed by atoms with E-state index in [-0.39, 0.29) is 11.4 Å². The maximum Gasteiger partial charge on any atom is 0.405 e. The van der Waals surface area contributed by atoms with Gasteiger partial charge in [-0.05, 0) is 36.4 Å². The monoisotopic (exact) mass is 347 g/mol. The van der Waals surface area contributed by atoms with Gasteiger partial charge in [0.15, 0.2) is 0 Å². The van der Waals surface area contributed by atoms with Gasteiger partial charge in [0.2, 0.25) is 5.88 Å². The zero-order valence-corrected chi connectivity index (χ0v) is 12.7. The molecule has 0 aliphatic carbocycles. The summed E-state index contributed by atoms with van der Waals surface area (Å²) in [7, 11) is 0. The highest BCUT2D eigenvalue weighted by molar-refractivity contribution is 5.94. The lowest BCUT2D eigenvalue weighted by Gasteiger charge is -2.09. The molecule has 0 aliphatic heterocycles. The highest BCUT2D eigenvalue weighted by Crippen LogP contribution is 2.21. The first-order valence-corrected chi connectivity index (χ1v) is 7.25. The number of aromatic nitrogens is 2. The molecule has 128 valence electrons. The van der Waals surface area contributed by atoms with E-state index in [1.165, 1.54) is 30.5 Å². The number of hydrogen-bond acceptors (Lipinski definition) is 4. The molecule has 1 N–H and O–H groups in total. The minimum absolute atomic E-state index is 0.0983. The Balaban J connectivity index is 1.68. The summed E-state index contributed by atoms with van der Waals surface area (Å²) in [5.41, 5.74) is 1.50. The molecule has 0 spiro atoms. The molecule has 5 nitrogen and oxygen atoms in total. The van der Waals surface area contributed by atoms with Gasteiger partial charge in [-0.25, -0.2) is 9.97 Å². The molecule has 3 rings (SSSR count). The summed E-state index contributed by atoms with van der Waals surface area (Å²) in [6.45, 7) is -1.38. The van der Waals surface area contributed by atoms with E-state index in [2.05, 4.69) is 9.97 Å². The Kier molecular flexibility index (Phi) is 4.51. The van der Waals surface area contributed by atoms with Crippen molar-refractivity contribution >= 4 is 16.9 Å². The van der Waals surface area contributed by atoms with Gasteiger partial charge in [0.05, 0.1) is 17.2 Å². The average Bonchev–Trinajstić information content (AvgIpc) is 2.59. The lowest BCUT2D eigenvalue weighted by atomic mass is 10.2. The van der Waals surface area contributed by atoms with Gasteiger partial charge in [-0.1, -0.05) is 12.1 Å². The highest BCUT2D eigenvalue weighted by atomic mass is 19.4. The van der Waals surface area contributed by atoms with E-state index in [0.29, 0.717) is 11.3 Å². The summed E-state index contributed by atoms with van der Waals surface area (Å²) in [5.74, 6) is -0.153. The molecule has 8 heteroatoms. The molecular formula is C17H12F3N3O2. The van der Waals surface area contributed by atoms with Crippen LogP contribution in [0.5, 0.6) is 11.6 Å². The number of halogens is 3. The van der Waals surface area contributed by atoms with Crippen molar-refractivity contribution < 1.29 is 22.7 Å². The maximum absolute atomic E-state index is 12.1. The minimum Gasteiger partial charge on any atom is -0.437 e. The molecule has 3 aromatic rings. The summed E-state index contributed by atoms with van der Waals surface area (Å²) in [6, 6.07) is 13.0. The van der Waals surface area contributed by atoms with Crippen LogP contribution in [0, 0.1) is 0 Å². The van der Waals surface area contributed by atoms with Crippen molar-refractivity contribution in [3.05, 3.63) is 60.3 Å². The lowest BCUT2D eigenvalue weighted by Crippen LogP contribution is -2.33. The molecular weight excluding hydrogens is 335 g/mol. The molecule has 0 aliphatic rings. The Hall–Kier alpha value is -3.16. The van der Waals surface area contributed by atoms with E-state index in [1.807, 2.05) is 18.2 Å². The number of ether oxygens (including phenoxy) is 1. The summed E-state index contributed by atoms with van der Waals surface area (Å²) >= 11 is 0. The SMILES string of the molecule is O=C(NCC(F)(F)F)c1ccc(Oc2cnc3ccccc3n2)cc1. The van der Waals surface area contributed by atoms with E-state index in [4.69, 9.17) is 4.74 Å². The number of nitrogens with zero attached hydrogens (tertiary/aromatic N) is 2. The number of rotatable bonds is 4. The first kappa shape index (κ1) is 16.7. The number of benzene rings is 2. The Morgan fingerprint density at radius 1 is 1.04 bits per heavy atom. The van der Waals surface area contributed by atoms with Crippen LogP contribution in [0.3, 0.4) is 0 Å². The van der Waals surface area contributed by atoms with Gasteiger partial charge < -0.3 is 10.1 Å². The number of nitrogens with one attached hydrogen (secondary N) is 1. The topological polar surface area (TPSA) is 64.1 Å². The van der Waals surface area contributed by atoms with Crippen LogP contribution in [0.2, 0.25) is 0 Å². The fourth-order valence-corrected chi connectivity index (χ4v) is 2.07. The number of carbonyl (C=O) groups is 1. The number of hydrogen-bond donors (Lipinski definition) is 1. The third-order valence-corrected chi connectivity index (χ3v) is 3.21. The van der Waals surface area contributed by atoms with Gasteiger partial charge in [-0.2, -0.15) is 13.2 Å². The lowest BCUT2D eigenvalue weighted by molar-refractivity contribution is -0.123. The predicted octanol–water partition coefficient (Wildman–Crippen LogP) is 3.71. The predicted molar refractivity (Wildman–Crippen MR) is 84.4 cm³/mol. The Bertz CT molecular complexity index is 896. The van der Waals surface area contributed by atoms with Crippen LogP contribution in [0.25, 0.3) is 11.0 Å². The summed E-state index contributed by atoms with van der Waals surface area (Å²) in [4.78, 5) is 20.1. The first-order valence-electron chi connectivity index (χ1n) is 7.25. The van der Waals surface area contributed by atoms with Gasteiger partial charge in [-0.3, -0.25) is 4.79 Å². The molecule has 1 heterocycles. The second-order valence-electron chi connectivity index (χ2n) is 5.12. The maximum atomic E-state index is 12.1. The van der Waals surface area contributed by atoms with Crippen molar-refractivity contribution in [2.24, 2.45) is 0 Å². The van der Waals surface area contributed by atoms with Crippen LogP contribution < -0.4 is 10.1 Å². The van der Waals surface area contributed by atoms with E-state index >= 15 is 0 Å². The van der Waals surface area contributed by atoms with Gasteiger partial charge in [0, 0.05) is 5.56 Å². The van der Waals surface area contributed by atoms with Crippen molar-refractivity contribution in [2.45, 2.75) is 6.18 Å². The van der Waals surface area contributed by atoms with E-state index in [9.17, 15) is 18.0 Å². The third-order valence-electron chi connectivity index (χ3n) is 3.21. The summed E-state index contributed by atoms with van der Waals surface area (Å²) in [6.07, 6.45) is -2.99. The fourth-order valence-electron chi connectivity index (χ4n) is 2.07. The number of carbonyl (C=O) groups excluding carboxylic acids is 1. The smallest absolute Gasteiger partial charge is 0.405 e. The van der Waals surface area contributed by atoms with Crippen molar-refractivity contribution in [3.8, 4) is 11.6 Å². The van der Waals surface area contributed by atoms with Gasteiger partial charge >= 0.3 is 6.18 Å². The van der Waals surface area contributed by atoms with Crippen molar-refractivity contribution in [2.75, 3.05) is 6.54 Å². The minimum atomic E-state index is -4.45. The Morgan fingerprint density at radius 3 is 2.40 bits per heavy atom. The zero-order valence-electron chi connectivity index (χ0n) is 12.7. The molecule has 2 aromatic carbocycles. The molecule has 0 fully saturated rings. The fraction of sp³-hybridized carbons (Fsp3) is 0.118. The molecule has 0 saturated carbocycles. The highest BCUT2D eigenvalue weighted by Gasteiger charge is 2.27. The van der Waals surface area contributed by atoms with Gasteiger partial charge in [-0.15, -0.1) is 0 Å². The number of amides is 1. The Morgan fingerprint density at radius 2 is 1.72 bits per heavy atom. The van der Waals surface area contributed by atoms with E-state index in [0.717, 1.165) is 5.52 Å². The van der Waals surface area contributed by atoms with Crippen molar-refractivity contribution in [1.29, 1.82) is 0 Å². The van der Waals surface area contributed by atoms with Crippen molar-refractivity contribution in [1.82, 2.24) is 15.3 Å². The molecule has 0 unspecified atom stereocenters. The summed E-state index contributed by atoms with van der Waals surface area (Å²) < 4.78 is 41.9. The molecule has 25 heavy (non-hydrogen) atoms. The number of alkyl halides is 3. The molecule has 1 amide bonds. The van der Waals surface area contributed by atoms with E-state index in [1.54, 1.807) is 11.4 Å². The number of fused-ring (bicyclic) bond motifs is 1. The normalized spacial score (nSPS) is 11.3. The van der Waals surface area contributed by atoms with Crippen LogP contribution in [-0.2, 0) is 0 Å². The standard InChI is InChI=1S/C17H12F3N3O2/c18-17(19,20)10-22-16(24)11-5-7-12(8-6-11)25-15-9-21-13-3-1-2-4-14(13)23-15/h1-9H,10H2,(H,22,24). The summed E-state index contributed by atoms with van der Waals surface area (Å²) in [5, 5.41) is 1.80. The van der Waals surface area contributed by atoms with Crippen LogP contribution in [0.1, 0.15) is 10.4 Å². The molecule has 0 bridgehead atoms. The number of para-hydroxylation sites is 2. The van der Waals surface area contributed by atoms with Crippen LogP contribution >= 0.6 is 0 Å². The average molecular weight is 347 g/mol. The van der Waals surface area contributed by atoms with Crippen LogP contribution in [0.15, 0.2) is 54.7 Å². The van der Waals surface area contributed by atoms with Crippen LogP contribution in [-0.4, -0.2) is 28.6 Å². The van der Waals surface area contributed by atoms with Crippen LogP contribution in [0.4, 0.5) is 13.2 Å². The van der Waals surface area contributed by atoms with E-state index < -0.39 is 18.6 Å². The third kappa shape index (κ3) is 4.43. The van der Waals surface area contributed by atoms with Crippen molar-refractivity contribution in [3.63, 3.8) is 0 Å². The van der Waals surface area contributed by atoms with Gasteiger partial charge in [0.25, 0.3) is 5.91 Å². The molecule has 1 aromatic heterocycles.